The number of carboxylic acid groups (broad SMARTS) is 1. The zero-order chi connectivity index (χ0) is 23.1. The molecule has 0 aliphatic rings. The molecule has 9 nitrogen and oxygen atoms in total. The number of nitrogens with zero attached hydrogens (tertiary/aromatic N) is 3. The number of thioether (sulfide) groups is 1. The second-order valence-corrected chi connectivity index (χ2v) is 9.24. The minimum absolute atomic E-state index is 0.183. The van der Waals surface area contributed by atoms with Crippen LogP contribution in [0.2, 0.25) is 10.0 Å². The van der Waals surface area contributed by atoms with Crippen LogP contribution < -0.4 is 22.0 Å². The predicted molar refractivity (Wildman–Crippen MR) is 118 cm³/mol. The Morgan fingerprint density at radius 1 is 1.30 bits per heavy atom. The first kappa shape index (κ1) is 25.9. The second kappa shape index (κ2) is 11.3. The zero-order valence-corrected chi connectivity index (χ0v) is 19.3. The number of hydrogen-bond acceptors (Lipinski definition) is 7. The summed E-state index contributed by atoms with van der Waals surface area (Å²) in [5.74, 6) is 5.58. The van der Waals surface area contributed by atoms with E-state index in [-0.39, 0.29) is 10.6 Å². The van der Waals surface area contributed by atoms with Crippen LogP contribution in [-0.4, -0.2) is 37.7 Å². The van der Waals surface area contributed by atoms with Gasteiger partial charge in [0, 0.05) is 11.6 Å². The van der Waals surface area contributed by atoms with Crippen LogP contribution >= 0.6 is 35.0 Å². The summed E-state index contributed by atoms with van der Waals surface area (Å²) >= 11 is 12.6. The van der Waals surface area contributed by atoms with E-state index in [0.717, 1.165) is 9.24 Å². The third-order valence-electron chi connectivity index (χ3n) is 3.22. The van der Waals surface area contributed by atoms with Crippen LogP contribution in [0.3, 0.4) is 0 Å². The minimum atomic E-state index is -1.05. The molecule has 0 atom stereocenters. The van der Waals surface area contributed by atoms with Gasteiger partial charge in [-0.25, -0.2) is 19.0 Å². The number of aliphatic carboxylic acids is 1. The van der Waals surface area contributed by atoms with Crippen molar-refractivity contribution in [2.24, 2.45) is 5.41 Å². The van der Waals surface area contributed by atoms with Crippen molar-refractivity contribution in [2.45, 2.75) is 39.4 Å². The lowest BCUT2D eigenvalue weighted by atomic mass is 9.97. The van der Waals surface area contributed by atoms with E-state index >= 15 is 0 Å². The predicted octanol–water partition coefficient (Wildman–Crippen LogP) is 2.73. The summed E-state index contributed by atoms with van der Waals surface area (Å²) in [6.07, 6.45) is 0. The van der Waals surface area contributed by atoms with Gasteiger partial charge in [0.2, 0.25) is 0 Å². The highest BCUT2D eigenvalue weighted by molar-refractivity contribution is 7.99. The van der Waals surface area contributed by atoms with Gasteiger partial charge in [0.25, 0.3) is 0 Å². The Bertz CT molecular complexity index is 1000. The molecule has 1 aromatic carbocycles. The largest absolute Gasteiger partial charge is 0.480 e. The Morgan fingerprint density at radius 2 is 1.93 bits per heavy atom. The quantitative estimate of drug-likeness (QED) is 0.478. The van der Waals surface area contributed by atoms with Gasteiger partial charge in [0.15, 0.2) is 11.8 Å². The molecule has 0 fully saturated rings. The van der Waals surface area contributed by atoms with E-state index in [4.69, 9.17) is 38.9 Å². The number of nitrogens with two attached hydrogens (primary N) is 1. The summed E-state index contributed by atoms with van der Waals surface area (Å²) < 4.78 is 6.86. The fourth-order valence-corrected chi connectivity index (χ4v) is 3.14. The van der Waals surface area contributed by atoms with Crippen molar-refractivity contribution < 1.29 is 14.6 Å². The summed E-state index contributed by atoms with van der Waals surface area (Å²) in [5.41, 5.74) is -1.24. The molecule has 0 saturated heterocycles. The van der Waals surface area contributed by atoms with Crippen molar-refractivity contribution >= 4 is 40.9 Å². The first-order valence-electron chi connectivity index (χ1n) is 8.77. The molecule has 0 aliphatic carbocycles. The van der Waals surface area contributed by atoms with Gasteiger partial charge in [0.05, 0.1) is 5.02 Å². The fourth-order valence-electron chi connectivity index (χ4n) is 2.06. The molecule has 1 aromatic heterocycles. The number of ether oxygens (including phenoxy) is 1. The Balaban J connectivity index is 0.000000311. The SMILES string of the molecule is CCSc1nc(=O)n(CC(C)(C)C)c(=O)n1N.O=C(O)COc1ccc(Cl)cc1Cl. The van der Waals surface area contributed by atoms with Crippen molar-refractivity contribution in [3.05, 3.63) is 49.2 Å². The highest BCUT2D eigenvalue weighted by Gasteiger charge is 2.17. The first-order chi connectivity index (χ1) is 13.9. The number of nitrogen functional groups attached to an aromatic ring is 1. The Kier molecular flexibility index (Phi) is 9.73. The second-order valence-electron chi connectivity index (χ2n) is 7.17. The van der Waals surface area contributed by atoms with Crippen LogP contribution in [0.1, 0.15) is 27.7 Å². The lowest BCUT2D eigenvalue weighted by Gasteiger charge is -2.19. The first-order valence-corrected chi connectivity index (χ1v) is 10.5. The van der Waals surface area contributed by atoms with Crippen LogP contribution in [0.5, 0.6) is 5.75 Å². The monoisotopic (exact) mass is 478 g/mol. The van der Waals surface area contributed by atoms with Crippen LogP contribution in [0.4, 0.5) is 0 Å². The Hall–Kier alpha value is -2.17. The number of carbonyl (C=O) groups is 1. The maximum absolute atomic E-state index is 11.9. The average Bonchev–Trinajstić information content (AvgIpc) is 2.62. The maximum atomic E-state index is 11.9. The molecule has 30 heavy (non-hydrogen) atoms. The van der Waals surface area contributed by atoms with Crippen LogP contribution in [0.15, 0.2) is 32.9 Å². The van der Waals surface area contributed by atoms with Gasteiger partial charge in [-0.1, -0.05) is 62.7 Å². The summed E-state index contributed by atoms with van der Waals surface area (Å²) in [7, 11) is 0. The van der Waals surface area contributed by atoms with Gasteiger partial charge in [-0.15, -0.1) is 0 Å². The summed E-state index contributed by atoms with van der Waals surface area (Å²) in [5, 5.41) is 9.36. The smallest absolute Gasteiger partial charge is 0.354 e. The third kappa shape index (κ3) is 8.29. The van der Waals surface area contributed by atoms with E-state index in [0.29, 0.717) is 28.1 Å². The zero-order valence-electron chi connectivity index (χ0n) is 17.0. The number of carboxylic acids is 1. The average molecular weight is 479 g/mol. The molecule has 0 saturated carbocycles. The van der Waals surface area contributed by atoms with Crippen molar-refractivity contribution in [1.29, 1.82) is 0 Å². The van der Waals surface area contributed by atoms with E-state index in [2.05, 4.69) is 4.98 Å². The molecule has 0 spiro atoms. The van der Waals surface area contributed by atoms with E-state index in [9.17, 15) is 14.4 Å². The molecule has 0 aliphatic heterocycles. The van der Waals surface area contributed by atoms with Crippen LogP contribution in [0, 0.1) is 5.41 Å². The molecule has 0 unspecified atom stereocenters. The molecule has 12 heteroatoms. The van der Waals surface area contributed by atoms with Gasteiger partial charge in [-0.3, -0.25) is 0 Å². The van der Waals surface area contributed by atoms with Crippen molar-refractivity contribution in [2.75, 3.05) is 18.2 Å². The van der Waals surface area contributed by atoms with Crippen molar-refractivity contribution in [3.8, 4) is 5.75 Å². The molecular weight excluding hydrogens is 455 g/mol. The molecule has 166 valence electrons. The lowest BCUT2D eigenvalue weighted by Crippen LogP contribution is -2.47. The van der Waals surface area contributed by atoms with Crippen LogP contribution in [-0.2, 0) is 11.3 Å². The van der Waals surface area contributed by atoms with E-state index < -0.39 is 24.0 Å². The summed E-state index contributed by atoms with van der Waals surface area (Å²) in [6.45, 7) is 7.60. The van der Waals surface area contributed by atoms with Gasteiger partial charge in [-0.2, -0.15) is 9.66 Å². The fraction of sp³-hybridized carbons (Fsp3) is 0.444. The number of benzene rings is 1. The number of hydrogen-bond donors (Lipinski definition) is 2. The summed E-state index contributed by atoms with van der Waals surface area (Å²) in [4.78, 5) is 37.6. The highest BCUT2D eigenvalue weighted by atomic mass is 35.5. The van der Waals surface area contributed by atoms with E-state index in [1.165, 1.54) is 23.9 Å². The molecule has 3 N–H and O–H groups in total. The van der Waals surface area contributed by atoms with Gasteiger partial charge in [0.1, 0.15) is 5.75 Å². The van der Waals surface area contributed by atoms with Crippen molar-refractivity contribution in [3.63, 3.8) is 0 Å². The van der Waals surface area contributed by atoms with Crippen molar-refractivity contribution in [1.82, 2.24) is 14.2 Å². The van der Waals surface area contributed by atoms with Gasteiger partial charge in [-0.05, 0) is 29.4 Å². The van der Waals surface area contributed by atoms with E-state index in [1.54, 1.807) is 6.07 Å². The topological polar surface area (TPSA) is 129 Å². The molecule has 0 bridgehead atoms. The molecular formula is C18H24Cl2N4O5S. The Morgan fingerprint density at radius 3 is 2.43 bits per heavy atom. The maximum Gasteiger partial charge on any atom is 0.354 e. The molecule has 2 aromatic rings. The standard InChI is InChI=1S/C10H18N4O2S.C8H6Cl2O3/c1-5-17-8-12-7(15)13(6-10(2,3)4)9(16)14(8)11;9-5-1-2-7(6(10)3-5)13-4-8(11)12/h5-6,11H2,1-4H3;1-3H,4H2,(H,11,12). The number of halogens is 2. The van der Waals surface area contributed by atoms with E-state index in [1.807, 2.05) is 27.7 Å². The number of rotatable bonds is 6. The summed E-state index contributed by atoms with van der Waals surface area (Å²) in [6, 6.07) is 4.58. The highest BCUT2D eigenvalue weighted by Crippen LogP contribution is 2.27. The normalized spacial score (nSPS) is 10.9. The molecule has 0 radical (unpaired) electrons. The van der Waals surface area contributed by atoms with Gasteiger partial charge >= 0.3 is 17.3 Å². The molecule has 1 heterocycles. The molecule has 0 amide bonds. The third-order valence-corrected chi connectivity index (χ3v) is 4.58. The molecule has 2 rings (SSSR count). The lowest BCUT2D eigenvalue weighted by molar-refractivity contribution is -0.139. The van der Waals surface area contributed by atoms with Gasteiger partial charge < -0.3 is 15.7 Å². The number of aromatic nitrogens is 3. The minimum Gasteiger partial charge on any atom is -0.480 e. The van der Waals surface area contributed by atoms with Crippen LogP contribution in [0.25, 0.3) is 0 Å². The Labute approximate surface area is 187 Å².